The monoisotopic (exact) mass is 249 g/mol. The smallest absolute Gasteiger partial charge is 0.423 e. The molecule has 0 fully saturated rings. The molecular formula is C9H6F3NO4. The highest BCUT2D eigenvalue weighted by atomic mass is 19.4. The number of nitrogens with zero attached hydrogens (tertiary/aromatic N) is 1. The van der Waals surface area contributed by atoms with E-state index in [9.17, 15) is 33.2 Å². The fourth-order valence-electron chi connectivity index (χ4n) is 1.35. The van der Waals surface area contributed by atoms with Gasteiger partial charge in [0, 0.05) is 0 Å². The van der Waals surface area contributed by atoms with Crippen molar-refractivity contribution in [3.63, 3.8) is 0 Å². The standard InChI is InChI=1S/C9H6F3NO4/c1-4(14)7-6(15)3-2-5(9(10,11)12)8(7)13(16)17/h2-3,15H,1H3. The molecule has 0 atom stereocenters. The molecule has 0 spiro atoms. The molecule has 92 valence electrons. The minimum Gasteiger partial charge on any atom is -0.507 e. The van der Waals surface area contributed by atoms with Gasteiger partial charge in [-0.15, -0.1) is 0 Å². The fraction of sp³-hybridized carbons (Fsp3) is 0.222. The lowest BCUT2D eigenvalue weighted by atomic mass is 10.0. The molecule has 17 heavy (non-hydrogen) atoms. The van der Waals surface area contributed by atoms with Gasteiger partial charge >= 0.3 is 6.18 Å². The molecule has 0 aliphatic heterocycles. The number of hydrogen-bond acceptors (Lipinski definition) is 4. The Balaban J connectivity index is 3.72. The predicted octanol–water partition coefficient (Wildman–Crippen LogP) is 2.52. The average Bonchev–Trinajstić information content (AvgIpc) is 2.14. The molecule has 0 heterocycles. The number of nitro groups is 1. The van der Waals surface area contributed by atoms with Gasteiger partial charge in [-0.05, 0) is 19.1 Å². The molecule has 0 aliphatic carbocycles. The zero-order valence-electron chi connectivity index (χ0n) is 8.41. The number of rotatable bonds is 2. The Morgan fingerprint density at radius 1 is 1.41 bits per heavy atom. The molecule has 0 saturated carbocycles. The third-order valence-electron chi connectivity index (χ3n) is 2.00. The van der Waals surface area contributed by atoms with E-state index in [2.05, 4.69) is 0 Å². The Morgan fingerprint density at radius 2 is 1.94 bits per heavy atom. The van der Waals surface area contributed by atoms with Crippen LogP contribution in [0.4, 0.5) is 18.9 Å². The summed E-state index contributed by atoms with van der Waals surface area (Å²) in [7, 11) is 0. The molecule has 0 bridgehead atoms. The number of aromatic hydroxyl groups is 1. The van der Waals surface area contributed by atoms with Crippen LogP contribution in [-0.4, -0.2) is 15.8 Å². The van der Waals surface area contributed by atoms with E-state index in [1.54, 1.807) is 0 Å². The first-order chi connectivity index (χ1) is 7.66. The number of phenols is 1. The molecular weight excluding hydrogens is 243 g/mol. The van der Waals surface area contributed by atoms with Crippen LogP contribution in [0.2, 0.25) is 0 Å². The van der Waals surface area contributed by atoms with Gasteiger partial charge in [-0.25, -0.2) is 0 Å². The summed E-state index contributed by atoms with van der Waals surface area (Å²) < 4.78 is 37.5. The molecule has 0 amide bonds. The summed E-state index contributed by atoms with van der Waals surface area (Å²) in [6, 6.07) is 0.965. The van der Waals surface area contributed by atoms with Crippen LogP contribution in [0.3, 0.4) is 0 Å². The van der Waals surface area contributed by atoms with Crippen molar-refractivity contribution in [2.24, 2.45) is 0 Å². The number of carbonyl (C=O) groups excluding carboxylic acids is 1. The Bertz CT molecular complexity index is 496. The minimum atomic E-state index is -4.97. The van der Waals surface area contributed by atoms with E-state index < -0.39 is 39.4 Å². The first-order valence-corrected chi connectivity index (χ1v) is 4.24. The number of alkyl halides is 3. The normalized spacial score (nSPS) is 11.3. The topological polar surface area (TPSA) is 80.4 Å². The van der Waals surface area contributed by atoms with E-state index >= 15 is 0 Å². The van der Waals surface area contributed by atoms with Gasteiger partial charge in [0.1, 0.15) is 16.9 Å². The number of nitro benzene ring substituents is 1. The number of Topliss-reactive ketones (excluding diaryl/α,β-unsaturated/α-hetero) is 1. The van der Waals surface area contributed by atoms with Gasteiger partial charge in [-0.1, -0.05) is 0 Å². The second kappa shape index (κ2) is 4.04. The van der Waals surface area contributed by atoms with Gasteiger partial charge in [0.25, 0.3) is 5.69 Å². The molecule has 5 nitrogen and oxygen atoms in total. The Morgan fingerprint density at radius 3 is 2.29 bits per heavy atom. The third kappa shape index (κ3) is 2.35. The summed E-state index contributed by atoms with van der Waals surface area (Å²) in [5.74, 6) is -1.86. The van der Waals surface area contributed by atoms with Crippen molar-refractivity contribution >= 4 is 11.5 Å². The summed E-state index contributed by atoms with van der Waals surface area (Å²) >= 11 is 0. The molecule has 0 saturated heterocycles. The van der Waals surface area contributed by atoms with Crippen molar-refractivity contribution in [1.82, 2.24) is 0 Å². The van der Waals surface area contributed by atoms with Crippen molar-refractivity contribution in [2.75, 3.05) is 0 Å². The lowest BCUT2D eigenvalue weighted by molar-refractivity contribution is -0.388. The van der Waals surface area contributed by atoms with Gasteiger partial charge in [0.05, 0.1) is 4.92 Å². The lowest BCUT2D eigenvalue weighted by Gasteiger charge is -2.10. The van der Waals surface area contributed by atoms with Gasteiger partial charge in [0.15, 0.2) is 5.78 Å². The molecule has 0 aromatic heterocycles. The average molecular weight is 249 g/mol. The number of halogens is 3. The Kier molecular flexibility index (Phi) is 3.08. The molecule has 0 radical (unpaired) electrons. The highest BCUT2D eigenvalue weighted by Gasteiger charge is 2.41. The summed E-state index contributed by atoms with van der Waals surface area (Å²) in [6.45, 7) is 0.836. The van der Waals surface area contributed by atoms with Crippen molar-refractivity contribution in [3.05, 3.63) is 33.4 Å². The van der Waals surface area contributed by atoms with Crippen molar-refractivity contribution in [3.8, 4) is 5.75 Å². The summed E-state index contributed by atoms with van der Waals surface area (Å²) in [5.41, 5.74) is -3.93. The van der Waals surface area contributed by atoms with Crippen molar-refractivity contribution in [1.29, 1.82) is 0 Å². The van der Waals surface area contributed by atoms with E-state index in [-0.39, 0.29) is 0 Å². The van der Waals surface area contributed by atoms with E-state index in [0.717, 1.165) is 6.92 Å². The Hall–Kier alpha value is -2.12. The number of benzene rings is 1. The first kappa shape index (κ1) is 12.9. The van der Waals surface area contributed by atoms with Crippen molar-refractivity contribution < 1.29 is 28.0 Å². The van der Waals surface area contributed by atoms with Gasteiger partial charge in [-0.3, -0.25) is 14.9 Å². The molecule has 1 rings (SSSR count). The maximum absolute atomic E-state index is 12.5. The van der Waals surface area contributed by atoms with Crippen LogP contribution in [0.1, 0.15) is 22.8 Å². The maximum atomic E-state index is 12.5. The van der Waals surface area contributed by atoms with Crippen LogP contribution in [0, 0.1) is 10.1 Å². The highest BCUT2D eigenvalue weighted by Crippen LogP contribution is 2.41. The van der Waals surface area contributed by atoms with Crippen LogP contribution in [0.15, 0.2) is 12.1 Å². The molecule has 1 aromatic rings. The first-order valence-electron chi connectivity index (χ1n) is 4.24. The minimum absolute atomic E-state index is 0.361. The van der Waals surface area contributed by atoms with E-state index in [4.69, 9.17) is 0 Å². The lowest BCUT2D eigenvalue weighted by Crippen LogP contribution is -2.12. The van der Waals surface area contributed by atoms with Crippen LogP contribution in [0.25, 0.3) is 0 Å². The summed E-state index contributed by atoms with van der Waals surface area (Å²) in [4.78, 5) is 20.3. The predicted molar refractivity (Wildman–Crippen MR) is 49.8 cm³/mol. The Labute approximate surface area is 92.6 Å². The maximum Gasteiger partial charge on any atom is 0.423 e. The van der Waals surface area contributed by atoms with Crippen LogP contribution in [0.5, 0.6) is 5.75 Å². The SMILES string of the molecule is CC(=O)c1c(O)ccc(C(F)(F)F)c1[N+](=O)[O-]. The highest BCUT2D eigenvalue weighted by molar-refractivity contribution is 6.01. The number of ketones is 1. The fourth-order valence-corrected chi connectivity index (χ4v) is 1.35. The van der Waals surface area contributed by atoms with E-state index in [1.807, 2.05) is 0 Å². The number of hydrogen-bond donors (Lipinski definition) is 1. The van der Waals surface area contributed by atoms with Crippen LogP contribution in [-0.2, 0) is 6.18 Å². The summed E-state index contributed by atoms with van der Waals surface area (Å²) in [6.07, 6.45) is -4.97. The molecule has 1 aromatic carbocycles. The number of phenolic OH excluding ortho intramolecular Hbond substituents is 1. The molecule has 8 heteroatoms. The second-order valence-electron chi connectivity index (χ2n) is 3.17. The summed E-state index contributed by atoms with van der Waals surface area (Å²) in [5, 5.41) is 19.8. The van der Waals surface area contributed by atoms with E-state index in [1.165, 1.54) is 0 Å². The molecule has 1 N–H and O–H groups in total. The zero-order chi connectivity index (χ0) is 13.4. The van der Waals surface area contributed by atoms with Gasteiger partial charge in [0.2, 0.25) is 0 Å². The van der Waals surface area contributed by atoms with Gasteiger partial charge < -0.3 is 5.11 Å². The van der Waals surface area contributed by atoms with E-state index in [0.29, 0.717) is 12.1 Å². The molecule has 0 unspecified atom stereocenters. The van der Waals surface area contributed by atoms with Crippen LogP contribution < -0.4 is 0 Å². The quantitative estimate of drug-likeness (QED) is 0.496. The molecule has 0 aliphatic rings. The largest absolute Gasteiger partial charge is 0.507 e. The zero-order valence-corrected chi connectivity index (χ0v) is 8.41. The van der Waals surface area contributed by atoms with Crippen molar-refractivity contribution in [2.45, 2.75) is 13.1 Å². The third-order valence-corrected chi connectivity index (χ3v) is 2.00. The number of carbonyl (C=O) groups is 1. The van der Waals surface area contributed by atoms with Gasteiger partial charge in [-0.2, -0.15) is 13.2 Å². The second-order valence-corrected chi connectivity index (χ2v) is 3.17. The van der Waals surface area contributed by atoms with Crippen LogP contribution >= 0.6 is 0 Å².